The van der Waals surface area contributed by atoms with Gasteiger partial charge in [-0.25, -0.2) is 0 Å². The largest absolute Gasteiger partial charge is 0.316 e. The zero-order chi connectivity index (χ0) is 16.4. The molecule has 0 N–H and O–H groups in total. The third kappa shape index (κ3) is 3.27. The smallest absolute Gasteiger partial charge is 0.279 e. The molecular formula is C19H20N2OS. The van der Waals surface area contributed by atoms with Gasteiger partial charge in [-0.2, -0.15) is 4.99 Å². The molecule has 0 aliphatic carbocycles. The topological polar surface area (TPSA) is 34.4 Å². The van der Waals surface area contributed by atoms with Crippen LogP contribution in [0.3, 0.4) is 0 Å². The molecule has 0 spiro atoms. The molecule has 0 atom stereocenters. The molecule has 3 aromatic rings. The van der Waals surface area contributed by atoms with Gasteiger partial charge in [-0.3, -0.25) is 4.79 Å². The van der Waals surface area contributed by atoms with Crippen LogP contribution >= 0.6 is 11.3 Å². The van der Waals surface area contributed by atoms with Crippen molar-refractivity contribution in [3.8, 4) is 0 Å². The second-order valence-electron chi connectivity index (χ2n) is 5.79. The predicted molar refractivity (Wildman–Crippen MR) is 95.9 cm³/mol. The molecule has 1 aromatic heterocycles. The van der Waals surface area contributed by atoms with Crippen molar-refractivity contribution >= 4 is 27.5 Å². The lowest BCUT2D eigenvalue weighted by Gasteiger charge is -2.03. The molecule has 0 saturated heterocycles. The molecule has 0 saturated carbocycles. The van der Waals surface area contributed by atoms with Gasteiger partial charge in [0.1, 0.15) is 0 Å². The van der Waals surface area contributed by atoms with Crippen LogP contribution in [0.4, 0.5) is 0 Å². The van der Waals surface area contributed by atoms with Crippen LogP contribution in [-0.2, 0) is 6.54 Å². The summed E-state index contributed by atoms with van der Waals surface area (Å²) in [5.41, 5.74) is 4.08. The fourth-order valence-corrected chi connectivity index (χ4v) is 3.79. The van der Waals surface area contributed by atoms with Crippen LogP contribution in [-0.4, -0.2) is 10.5 Å². The Balaban J connectivity index is 2.14. The van der Waals surface area contributed by atoms with E-state index in [1.165, 1.54) is 10.3 Å². The van der Waals surface area contributed by atoms with Crippen LogP contribution in [0.25, 0.3) is 10.2 Å². The van der Waals surface area contributed by atoms with E-state index in [1.54, 1.807) is 11.3 Å². The molecule has 0 bridgehead atoms. The zero-order valence-corrected chi connectivity index (χ0v) is 14.5. The summed E-state index contributed by atoms with van der Waals surface area (Å²) in [5.74, 6) is -0.179. The van der Waals surface area contributed by atoms with Gasteiger partial charge >= 0.3 is 0 Å². The first-order valence-electron chi connectivity index (χ1n) is 7.84. The van der Waals surface area contributed by atoms with Crippen LogP contribution in [0.5, 0.6) is 0 Å². The maximum Gasteiger partial charge on any atom is 0.279 e. The molecule has 0 aliphatic heterocycles. The highest BCUT2D eigenvalue weighted by Gasteiger charge is 2.09. The summed E-state index contributed by atoms with van der Waals surface area (Å²) in [7, 11) is 0. The zero-order valence-electron chi connectivity index (χ0n) is 13.7. The highest BCUT2D eigenvalue weighted by atomic mass is 32.1. The number of fused-ring (bicyclic) bond motifs is 1. The number of amides is 1. The highest BCUT2D eigenvalue weighted by Crippen LogP contribution is 2.19. The maximum absolute atomic E-state index is 12.5. The van der Waals surface area contributed by atoms with Crippen molar-refractivity contribution in [2.45, 2.75) is 33.7 Å². The lowest BCUT2D eigenvalue weighted by atomic mass is 10.1. The second-order valence-corrected chi connectivity index (χ2v) is 6.80. The molecule has 0 fully saturated rings. The molecular weight excluding hydrogens is 304 g/mol. The fourth-order valence-electron chi connectivity index (χ4n) is 2.63. The minimum absolute atomic E-state index is 0.179. The Labute approximate surface area is 139 Å². The Hall–Kier alpha value is -2.20. The monoisotopic (exact) mass is 324 g/mol. The Kier molecular flexibility index (Phi) is 4.44. The Bertz CT molecular complexity index is 934. The van der Waals surface area contributed by atoms with E-state index in [9.17, 15) is 4.79 Å². The van der Waals surface area contributed by atoms with E-state index in [4.69, 9.17) is 0 Å². The molecule has 0 aliphatic rings. The van der Waals surface area contributed by atoms with Crippen molar-refractivity contribution in [2.24, 2.45) is 4.99 Å². The van der Waals surface area contributed by atoms with Gasteiger partial charge in [-0.1, -0.05) is 42.0 Å². The summed E-state index contributed by atoms with van der Waals surface area (Å²) in [6, 6.07) is 14.0. The normalized spacial score (nSPS) is 12.0. The summed E-state index contributed by atoms with van der Waals surface area (Å²) in [6.07, 6.45) is 1.01. The van der Waals surface area contributed by atoms with Crippen molar-refractivity contribution in [1.29, 1.82) is 0 Å². The number of hydrogen-bond donors (Lipinski definition) is 0. The molecule has 118 valence electrons. The summed E-state index contributed by atoms with van der Waals surface area (Å²) in [6.45, 7) is 7.06. The molecule has 0 unspecified atom stereocenters. The first-order chi connectivity index (χ1) is 11.1. The SMILES string of the molecule is CCCn1c(=NC(=O)c2cccc(C)c2)sc2cc(C)ccc21. The third-order valence-electron chi connectivity index (χ3n) is 3.75. The lowest BCUT2D eigenvalue weighted by molar-refractivity contribution is 0.0997. The molecule has 1 amide bonds. The van der Waals surface area contributed by atoms with Crippen molar-refractivity contribution in [2.75, 3.05) is 0 Å². The number of benzene rings is 2. The third-order valence-corrected chi connectivity index (χ3v) is 4.79. The van der Waals surface area contributed by atoms with Gasteiger partial charge in [-0.05, 0) is 50.1 Å². The molecule has 2 aromatic carbocycles. The standard InChI is InChI=1S/C19H20N2OS/c1-4-10-21-16-9-8-14(3)12-17(16)23-19(21)20-18(22)15-7-5-6-13(2)11-15/h5-9,11-12H,4,10H2,1-3H3. The maximum atomic E-state index is 12.5. The number of rotatable bonds is 3. The van der Waals surface area contributed by atoms with Crippen molar-refractivity contribution in [3.63, 3.8) is 0 Å². The number of carbonyl (C=O) groups excluding carboxylic acids is 1. The number of nitrogens with zero attached hydrogens (tertiary/aromatic N) is 2. The minimum atomic E-state index is -0.179. The molecule has 1 heterocycles. The van der Waals surface area contributed by atoms with Crippen LogP contribution in [0.1, 0.15) is 34.8 Å². The van der Waals surface area contributed by atoms with Crippen LogP contribution in [0.2, 0.25) is 0 Å². The van der Waals surface area contributed by atoms with E-state index in [0.717, 1.165) is 28.8 Å². The average molecular weight is 324 g/mol. The molecule has 0 radical (unpaired) electrons. The summed E-state index contributed by atoms with van der Waals surface area (Å²) in [4.78, 5) is 17.7. The highest BCUT2D eigenvalue weighted by molar-refractivity contribution is 7.16. The number of aryl methyl sites for hydroxylation is 3. The average Bonchev–Trinajstić information content (AvgIpc) is 2.84. The Morgan fingerprint density at radius 3 is 2.65 bits per heavy atom. The van der Waals surface area contributed by atoms with Gasteiger partial charge in [0.15, 0.2) is 4.80 Å². The lowest BCUT2D eigenvalue weighted by Crippen LogP contribution is -2.16. The van der Waals surface area contributed by atoms with E-state index in [1.807, 2.05) is 31.2 Å². The van der Waals surface area contributed by atoms with Gasteiger partial charge in [0.25, 0.3) is 5.91 Å². The summed E-state index contributed by atoms with van der Waals surface area (Å²) >= 11 is 1.58. The van der Waals surface area contributed by atoms with Gasteiger partial charge in [0, 0.05) is 12.1 Å². The number of aromatic nitrogens is 1. The van der Waals surface area contributed by atoms with E-state index in [2.05, 4.69) is 41.6 Å². The quantitative estimate of drug-likeness (QED) is 0.700. The number of thiazole rings is 1. The predicted octanol–water partition coefficient (Wildman–Crippen LogP) is 4.47. The van der Waals surface area contributed by atoms with Crippen molar-refractivity contribution in [3.05, 3.63) is 64.0 Å². The van der Waals surface area contributed by atoms with E-state index in [0.29, 0.717) is 5.56 Å². The van der Waals surface area contributed by atoms with E-state index in [-0.39, 0.29) is 5.91 Å². The first-order valence-corrected chi connectivity index (χ1v) is 8.66. The van der Waals surface area contributed by atoms with Gasteiger partial charge < -0.3 is 4.57 Å². The van der Waals surface area contributed by atoms with Crippen molar-refractivity contribution in [1.82, 2.24) is 4.57 Å². The molecule has 3 nitrogen and oxygen atoms in total. The van der Waals surface area contributed by atoms with E-state index < -0.39 is 0 Å². The fraction of sp³-hybridized carbons (Fsp3) is 0.263. The second kappa shape index (κ2) is 6.50. The van der Waals surface area contributed by atoms with Crippen LogP contribution in [0, 0.1) is 13.8 Å². The summed E-state index contributed by atoms with van der Waals surface area (Å²) in [5, 5.41) is 0. The minimum Gasteiger partial charge on any atom is -0.316 e. The Morgan fingerprint density at radius 1 is 1.13 bits per heavy atom. The molecule has 4 heteroatoms. The summed E-state index contributed by atoms with van der Waals surface area (Å²) < 4.78 is 3.32. The van der Waals surface area contributed by atoms with Gasteiger partial charge in [-0.15, -0.1) is 0 Å². The molecule has 23 heavy (non-hydrogen) atoms. The van der Waals surface area contributed by atoms with E-state index >= 15 is 0 Å². The van der Waals surface area contributed by atoms with Crippen LogP contribution in [0.15, 0.2) is 47.5 Å². The Morgan fingerprint density at radius 2 is 1.91 bits per heavy atom. The van der Waals surface area contributed by atoms with Crippen LogP contribution < -0.4 is 4.80 Å². The first kappa shape index (κ1) is 15.7. The van der Waals surface area contributed by atoms with Gasteiger partial charge in [0.2, 0.25) is 0 Å². The number of hydrogen-bond acceptors (Lipinski definition) is 2. The molecule has 3 rings (SSSR count). The number of carbonyl (C=O) groups is 1. The van der Waals surface area contributed by atoms with Crippen molar-refractivity contribution < 1.29 is 4.79 Å². The van der Waals surface area contributed by atoms with Gasteiger partial charge in [0.05, 0.1) is 10.2 Å².